The summed E-state index contributed by atoms with van der Waals surface area (Å²) < 4.78 is 0. The minimum Gasteiger partial charge on any atom is -0.336 e. The summed E-state index contributed by atoms with van der Waals surface area (Å²) in [5, 5.41) is 11.7. The minimum atomic E-state index is -0.469. The van der Waals surface area contributed by atoms with Crippen LogP contribution in [0.1, 0.15) is 36.0 Å². The Bertz CT molecular complexity index is 505. The Labute approximate surface area is 126 Å². The summed E-state index contributed by atoms with van der Waals surface area (Å²) in [6.07, 6.45) is 4.06. The number of hydrogen-bond acceptors (Lipinski definition) is 3. The fourth-order valence-corrected chi connectivity index (χ4v) is 3.14. The van der Waals surface area contributed by atoms with Crippen molar-refractivity contribution in [3.63, 3.8) is 0 Å². The lowest BCUT2D eigenvalue weighted by molar-refractivity contribution is -0.384. The zero-order valence-corrected chi connectivity index (χ0v) is 12.7. The van der Waals surface area contributed by atoms with Crippen LogP contribution < -0.4 is 0 Å². The van der Waals surface area contributed by atoms with Crippen molar-refractivity contribution < 1.29 is 9.72 Å². The second-order valence-corrected chi connectivity index (χ2v) is 5.73. The fraction of sp³-hybridized carbons (Fsp3) is 0.500. The van der Waals surface area contributed by atoms with Crippen molar-refractivity contribution in [3.05, 3.63) is 39.9 Å². The van der Waals surface area contributed by atoms with Crippen molar-refractivity contribution in [1.82, 2.24) is 4.90 Å². The Balaban J connectivity index is 2.20. The number of rotatable bonds is 4. The molecule has 1 aliphatic rings. The van der Waals surface area contributed by atoms with Gasteiger partial charge in [-0.05, 0) is 31.7 Å². The standard InChI is InChI=1S/C14H17BrN2O3/c15-8-7-12-5-1-2-9-16(12)14(18)11-4-3-6-13(10-11)17(19)20/h3-4,6,10,12H,1-2,5,7-9H2. The van der Waals surface area contributed by atoms with E-state index in [1.54, 1.807) is 12.1 Å². The maximum atomic E-state index is 12.5. The molecule has 0 radical (unpaired) electrons. The number of carbonyl (C=O) groups is 1. The molecule has 1 saturated heterocycles. The molecule has 1 amide bonds. The maximum Gasteiger partial charge on any atom is 0.270 e. The van der Waals surface area contributed by atoms with Crippen LogP contribution in [-0.4, -0.2) is 33.6 Å². The molecule has 0 N–H and O–H groups in total. The summed E-state index contributed by atoms with van der Waals surface area (Å²) in [6, 6.07) is 6.21. The lowest BCUT2D eigenvalue weighted by atomic mass is 9.99. The van der Waals surface area contributed by atoms with Gasteiger partial charge in [0.1, 0.15) is 0 Å². The van der Waals surface area contributed by atoms with Gasteiger partial charge in [-0.1, -0.05) is 22.0 Å². The van der Waals surface area contributed by atoms with E-state index in [1.165, 1.54) is 12.1 Å². The minimum absolute atomic E-state index is 0.0371. The molecule has 0 saturated carbocycles. The molecule has 1 aromatic carbocycles. The molecule has 6 heteroatoms. The molecule has 20 heavy (non-hydrogen) atoms. The van der Waals surface area contributed by atoms with Crippen molar-refractivity contribution in [3.8, 4) is 0 Å². The number of hydrogen-bond donors (Lipinski definition) is 0. The Hall–Kier alpha value is -1.43. The Morgan fingerprint density at radius 2 is 2.25 bits per heavy atom. The zero-order chi connectivity index (χ0) is 14.5. The number of halogens is 1. The van der Waals surface area contributed by atoms with Gasteiger partial charge in [-0.3, -0.25) is 14.9 Å². The van der Waals surface area contributed by atoms with Gasteiger partial charge in [-0.15, -0.1) is 0 Å². The first kappa shape index (κ1) is 15.0. The average molecular weight is 341 g/mol. The second-order valence-electron chi connectivity index (χ2n) is 4.93. The number of nitro groups is 1. The van der Waals surface area contributed by atoms with Gasteiger partial charge in [-0.2, -0.15) is 0 Å². The molecule has 1 fully saturated rings. The molecule has 5 nitrogen and oxygen atoms in total. The molecule has 1 heterocycles. The third-order valence-corrected chi connectivity index (χ3v) is 4.09. The van der Waals surface area contributed by atoms with Crippen molar-refractivity contribution >= 4 is 27.5 Å². The number of piperidine rings is 1. The van der Waals surface area contributed by atoms with Crippen molar-refractivity contribution in [2.75, 3.05) is 11.9 Å². The molecule has 0 bridgehead atoms. The Kier molecular flexibility index (Phi) is 5.11. The van der Waals surface area contributed by atoms with Crippen LogP contribution >= 0.6 is 15.9 Å². The first-order valence-electron chi connectivity index (χ1n) is 6.75. The molecule has 108 valence electrons. The number of carbonyl (C=O) groups excluding carboxylic acids is 1. The van der Waals surface area contributed by atoms with Crippen LogP contribution in [-0.2, 0) is 0 Å². The van der Waals surface area contributed by atoms with E-state index in [0.29, 0.717) is 5.56 Å². The molecule has 1 aliphatic heterocycles. The van der Waals surface area contributed by atoms with E-state index < -0.39 is 4.92 Å². The molecule has 0 aliphatic carbocycles. The molecule has 1 atom stereocenters. The SMILES string of the molecule is O=C(c1cccc([N+](=O)[O-])c1)N1CCCCC1CCBr. The number of benzene rings is 1. The summed E-state index contributed by atoms with van der Waals surface area (Å²) >= 11 is 3.42. The maximum absolute atomic E-state index is 12.5. The number of nitro benzene ring substituents is 1. The highest BCUT2D eigenvalue weighted by atomic mass is 79.9. The van der Waals surface area contributed by atoms with Gasteiger partial charge in [0.15, 0.2) is 0 Å². The van der Waals surface area contributed by atoms with Crippen LogP contribution in [0.5, 0.6) is 0 Å². The summed E-state index contributed by atoms with van der Waals surface area (Å²) in [5.74, 6) is -0.0978. The van der Waals surface area contributed by atoms with E-state index in [-0.39, 0.29) is 17.6 Å². The van der Waals surface area contributed by atoms with E-state index in [2.05, 4.69) is 15.9 Å². The van der Waals surface area contributed by atoms with Gasteiger partial charge in [0.2, 0.25) is 0 Å². The highest BCUT2D eigenvalue weighted by molar-refractivity contribution is 9.09. The van der Waals surface area contributed by atoms with E-state index in [1.807, 2.05) is 4.90 Å². The number of likely N-dealkylation sites (tertiary alicyclic amines) is 1. The van der Waals surface area contributed by atoms with Crippen LogP contribution in [0.3, 0.4) is 0 Å². The summed E-state index contributed by atoms with van der Waals surface area (Å²) in [7, 11) is 0. The Morgan fingerprint density at radius 1 is 1.45 bits per heavy atom. The molecule has 1 aromatic rings. The predicted molar refractivity (Wildman–Crippen MR) is 80.2 cm³/mol. The van der Waals surface area contributed by atoms with Crippen LogP contribution in [0, 0.1) is 10.1 Å². The largest absolute Gasteiger partial charge is 0.336 e. The molecular formula is C14H17BrN2O3. The molecule has 0 spiro atoms. The molecule has 0 aromatic heterocycles. The molecular weight excluding hydrogens is 324 g/mol. The molecule has 2 rings (SSSR count). The summed E-state index contributed by atoms with van der Waals surface area (Å²) in [4.78, 5) is 24.7. The Morgan fingerprint density at radius 3 is 2.95 bits per heavy atom. The van der Waals surface area contributed by atoms with Gasteiger partial charge in [0.05, 0.1) is 4.92 Å². The normalized spacial score (nSPS) is 18.9. The molecule has 1 unspecified atom stereocenters. The first-order chi connectivity index (χ1) is 9.63. The van der Waals surface area contributed by atoms with E-state index >= 15 is 0 Å². The highest BCUT2D eigenvalue weighted by Crippen LogP contribution is 2.23. The first-order valence-corrected chi connectivity index (χ1v) is 7.87. The monoisotopic (exact) mass is 340 g/mol. The van der Waals surface area contributed by atoms with Crippen molar-refractivity contribution in [2.24, 2.45) is 0 Å². The predicted octanol–water partition coefficient (Wildman–Crippen LogP) is 3.37. The van der Waals surface area contributed by atoms with Crippen LogP contribution in [0.15, 0.2) is 24.3 Å². The smallest absolute Gasteiger partial charge is 0.270 e. The number of non-ortho nitro benzene ring substituents is 1. The highest BCUT2D eigenvalue weighted by Gasteiger charge is 2.27. The van der Waals surface area contributed by atoms with Gasteiger partial charge in [-0.25, -0.2) is 0 Å². The van der Waals surface area contributed by atoms with Crippen LogP contribution in [0.25, 0.3) is 0 Å². The topological polar surface area (TPSA) is 63.4 Å². The second kappa shape index (κ2) is 6.83. The van der Waals surface area contributed by atoms with Crippen LogP contribution in [0.2, 0.25) is 0 Å². The third-order valence-electron chi connectivity index (χ3n) is 3.63. The number of amides is 1. The zero-order valence-electron chi connectivity index (χ0n) is 11.1. The summed E-state index contributed by atoms with van der Waals surface area (Å²) in [5.41, 5.74) is 0.366. The van der Waals surface area contributed by atoms with Crippen LogP contribution in [0.4, 0.5) is 5.69 Å². The lowest BCUT2D eigenvalue weighted by Gasteiger charge is -2.35. The van der Waals surface area contributed by atoms with Crippen molar-refractivity contribution in [2.45, 2.75) is 31.7 Å². The van der Waals surface area contributed by atoms with Gasteiger partial charge in [0.25, 0.3) is 11.6 Å². The van der Waals surface area contributed by atoms with Gasteiger partial charge in [0, 0.05) is 35.6 Å². The number of alkyl halides is 1. The average Bonchev–Trinajstić information content (AvgIpc) is 2.47. The van der Waals surface area contributed by atoms with E-state index in [4.69, 9.17) is 0 Å². The van der Waals surface area contributed by atoms with E-state index in [9.17, 15) is 14.9 Å². The third kappa shape index (κ3) is 3.36. The quantitative estimate of drug-likeness (QED) is 0.479. The summed E-state index contributed by atoms with van der Waals surface area (Å²) in [6.45, 7) is 0.735. The fourth-order valence-electron chi connectivity index (χ4n) is 2.61. The number of nitrogens with zero attached hydrogens (tertiary/aromatic N) is 2. The lowest BCUT2D eigenvalue weighted by Crippen LogP contribution is -2.43. The van der Waals surface area contributed by atoms with Gasteiger partial charge >= 0.3 is 0 Å². The van der Waals surface area contributed by atoms with E-state index in [0.717, 1.165) is 37.6 Å². The van der Waals surface area contributed by atoms with Gasteiger partial charge < -0.3 is 4.90 Å². The van der Waals surface area contributed by atoms with Crippen molar-refractivity contribution in [1.29, 1.82) is 0 Å².